The van der Waals surface area contributed by atoms with Gasteiger partial charge in [0.05, 0.1) is 11.8 Å². The minimum atomic E-state index is 0.00932. The zero-order valence-corrected chi connectivity index (χ0v) is 14.9. The molecular formula is C20H25N3O2. The molecule has 5 heteroatoms. The van der Waals surface area contributed by atoms with Gasteiger partial charge in [0, 0.05) is 25.0 Å². The molecule has 0 bridgehead atoms. The Labute approximate surface area is 149 Å². The molecule has 0 aliphatic carbocycles. The van der Waals surface area contributed by atoms with Crippen LogP contribution in [0.4, 0.5) is 11.4 Å². The number of carbonyl (C=O) groups is 1. The molecule has 1 N–H and O–H groups in total. The van der Waals surface area contributed by atoms with Crippen molar-refractivity contribution in [3.05, 3.63) is 48.3 Å². The molecule has 1 aromatic heterocycles. The van der Waals surface area contributed by atoms with Gasteiger partial charge in [0.15, 0.2) is 0 Å². The monoisotopic (exact) mass is 339 g/mol. The van der Waals surface area contributed by atoms with Crippen molar-refractivity contribution in [1.82, 2.24) is 9.88 Å². The first kappa shape index (κ1) is 17.3. The number of aromatic nitrogens is 1. The van der Waals surface area contributed by atoms with Gasteiger partial charge in [-0.2, -0.15) is 0 Å². The number of piperidine rings is 1. The highest BCUT2D eigenvalue weighted by Crippen LogP contribution is 2.28. The average molecular weight is 339 g/mol. The largest absolute Gasteiger partial charge is 0.489 e. The maximum absolute atomic E-state index is 12.6. The summed E-state index contributed by atoms with van der Waals surface area (Å²) in [6.45, 7) is 5.64. The van der Waals surface area contributed by atoms with Gasteiger partial charge in [0.25, 0.3) is 5.91 Å². The molecule has 2 heterocycles. The summed E-state index contributed by atoms with van der Waals surface area (Å²) in [5.74, 6) is 0.799. The third-order valence-electron chi connectivity index (χ3n) is 4.15. The van der Waals surface area contributed by atoms with E-state index in [2.05, 4.69) is 10.3 Å². The lowest BCUT2D eigenvalue weighted by atomic mass is 10.1. The zero-order chi connectivity index (χ0) is 17.6. The van der Waals surface area contributed by atoms with Crippen LogP contribution in [0.2, 0.25) is 0 Å². The van der Waals surface area contributed by atoms with Crippen LogP contribution < -0.4 is 10.1 Å². The van der Waals surface area contributed by atoms with Crippen molar-refractivity contribution in [1.29, 1.82) is 0 Å². The highest BCUT2D eigenvalue weighted by Gasteiger charge is 2.19. The molecule has 0 saturated carbocycles. The molecule has 0 atom stereocenters. The molecule has 1 aromatic carbocycles. The van der Waals surface area contributed by atoms with Gasteiger partial charge in [0.2, 0.25) is 0 Å². The van der Waals surface area contributed by atoms with Crippen molar-refractivity contribution in [2.45, 2.75) is 39.2 Å². The summed E-state index contributed by atoms with van der Waals surface area (Å²) in [4.78, 5) is 18.8. The molecule has 1 aliphatic heterocycles. The number of nitrogens with zero attached hydrogens (tertiary/aromatic N) is 2. The molecule has 0 spiro atoms. The number of hydrogen-bond acceptors (Lipinski definition) is 4. The van der Waals surface area contributed by atoms with Gasteiger partial charge in [-0.15, -0.1) is 0 Å². The molecule has 0 radical (unpaired) electrons. The Kier molecular flexibility index (Phi) is 5.53. The molecule has 25 heavy (non-hydrogen) atoms. The summed E-state index contributed by atoms with van der Waals surface area (Å²) in [6.07, 6.45) is 5.11. The number of anilines is 2. The van der Waals surface area contributed by atoms with Gasteiger partial charge >= 0.3 is 0 Å². The number of ether oxygens (including phenoxy) is 1. The number of rotatable bonds is 5. The summed E-state index contributed by atoms with van der Waals surface area (Å²) >= 11 is 0. The normalized spacial score (nSPS) is 14.4. The summed E-state index contributed by atoms with van der Waals surface area (Å²) in [5.41, 5.74) is 2.18. The maximum Gasteiger partial charge on any atom is 0.272 e. The standard InChI is InChI=1S/C20H25N3O2/c1-15(2)25-19-9-5-4-8-17(19)22-16-10-11-21-18(14-16)20(24)23-12-6-3-7-13-23/h4-5,8-11,14-15H,3,6-7,12-13H2,1-2H3,(H,21,22). The van der Waals surface area contributed by atoms with E-state index in [0.717, 1.165) is 43.1 Å². The first-order valence-electron chi connectivity index (χ1n) is 8.91. The Morgan fingerprint density at radius 2 is 1.92 bits per heavy atom. The summed E-state index contributed by atoms with van der Waals surface area (Å²) in [5, 5.41) is 3.34. The maximum atomic E-state index is 12.6. The fourth-order valence-corrected chi connectivity index (χ4v) is 2.97. The van der Waals surface area contributed by atoms with E-state index in [1.54, 1.807) is 6.20 Å². The van der Waals surface area contributed by atoms with Crippen LogP contribution in [0.25, 0.3) is 0 Å². The predicted molar refractivity (Wildman–Crippen MR) is 99.5 cm³/mol. The SMILES string of the molecule is CC(C)Oc1ccccc1Nc1ccnc(C(=O)N2CCCCC2)c1. The van der Waals surface area contributed by atoms with E-state index in [-0.39, 0.29) is 12.0 Å². The minimum absolute atomic E-state index is 0.00932. The second-order valence-corrected chi connectivity index (χ2v) is 6.57. The smallest absolute Gasteiger partial charge is 0.272 e. The molecule has 0 unspecified atom stereocenters. The van der Waals surface area contributed by atoms with Crippen LogP contribution in [0.5, 0.6) is 5.75 Å². The van der Waals surface area contributed by atoms with Crippen LogP contribution in [0.3, 0.4) is 0 Å². The first-order valence-corrected chi connectivity index (χ1v) is 8.91. The van der Waals surface area contributed by atoms with Crippen molar-refractivity contribution in [2.24, 2.45) is 0 Å². The number of amides is 1. The molecule has 5 nitrogen and oxygen atoms in total. The number of nitrogens with one attached hydrogen (secondary N) is 1. The van der Waals surface area contributed by atoms with Gasteiger partial charge in [-0.1, -0.05) is 12.1 Å². The van der Waals surface area contributed by atoms with Crippen molar-refractivity contribution < 1.29 is 9.53 Å². The van der Waals surface area contributed by atoms with Gasteiger partial charge in [-0.3, -0.25) is 9.78 Å². The highest BCUT2D eigenvalue weighted by atomic mass is 16.5. The molecule has 3 rings (SSSR count). The van der Waals surface area contributed by atoms with Crippen molar-refractivity contribution in [2.75, 3.05) is 18.4 Å². The van der Waals surface area contributed by atoms with E-state index >= 15 is 0 Å². The summed E-state index contributed by atoms with van der Waals surface area (Å²) < 4.78 is 5.84. The molecule has 1 fully saturated rings. The zero-order valence-electron chi connectivity index (χ0n) is 14.9. The predicted octanol–water partition coefficient (Wildman–Crippen LogP) is 4.24. The average Bonchev–Trinajstić information content (AvgIpc) is 2.63. The lowest BCUT2D eigenvalue weighted by Gasteiger charge is -2.26. The van der Waals surface area contributed by atoms with E-state index < -0.39 is 0 Å². The number of benzene rings is 1. The van der Waals surface area contributed by atoms with Crippen molar-refractivity contribution >= 4 is 17.3 Å². The van der Waals surface area contributed by atoms with Gasteiger partial charge in [-0.05, 0) is 57.4 Å². The van der Waals surface area contributed by atoms with Crippen LogP contribution >= 0.6 is 0 Å². The first-order chi connectivity index (χ1) is 12.1. The quantitative estimate of drug-likeness (QED) is 0.885. The second-order valence-electron chi connectivity index (χ2n) is 6.57. The number of hydrogen-bond donors (Lipinski definition) is 1. The topological polar surface area (TPSA) is 54.5 Å². The lowest BCUT2D eigenvalue weighted by Crippen LogP contribution is -2.36. The fourth-order valence-electron chi connectivity index (χ4n) is 2.97. The van der Waals surface area contributed by atoms with E-state index in [4.69, 9.17) is 4.74 Å². The van der Waals surface area contributed by atoms with Gasteiger partial charge in [0.1, 0.15) is 11.4 Å². The van der Waals surface area contributed by atoms with E-state index in [1.807, 2.05) is 55.1 Å². The number of carbonyl (C=O) groups excluding carboxylic acids is 1. The lowest BCUT2D eigenvalue weighted by molar-refractivity contribution is 0.0718. The van der Waals surface area contributed by atoms with Crippen LogP contribution in [0, 0.1) is 0 Å². The number of pyridine rings is 1. The van der Waals surface area contributed by atoms with Crippen LogP contribution in [-0.4, -0.2) is 35.0 Å². The molecule has 1 amide bonds. The third kappa shape index (κ3) is 4.50. The Balaban J connectivity index is 1.77. The van der Waals surface area contributed by atoms with E-state index in [1.165, 1.54) is 6.42 Å². The Morgan fingerprint density at radius 3 is 2.68 bits per heavy atom. The van der Waals surface area contributed by atoms with Crippen molar-refractivity contribution in [3.63, 3.8) is 0 Å². The summed E-state index contributed by atoms with van der Waals surface area (Å²) in [6, 6.07) is 11.5. The highest BCUT2D eigenvalue weighted by molar-refractivity contribution is 5.93. The van der Waals surface area contributed by atoms with Gasteiger partial charge in [-0.25, -0.2) is 0 Å². The number of para-hydroxylation sites is 2. The van der Waals surface area contributed by atoms with E-state index in [0.29, 0.717) is 5.69 Å². The molecule has 2 aromatic rings. The third-order valence-corrected chi connectivity index (χ3v) is 4.15. The van der Waals surface area contributed by atoms with E-state index in [9.17, 15) is 4.79 Å². The molecule has 1 saturated heterocycles. The van der Waals surface area contributed by atoms with Crippen LogP contribution in [0.1, 0.15) is 43.6 Å². The Morgan fingerprint density at radius 1 is 1.16 bits per heavy atom. The van der Waals surface area contributed by atoms with Gasteiger partial charge < -0.3 is 15.0 Å². The molecule has 132 valence electrons. The second kappa shape index (κ2) is 8.01. The summed E-state index contributed by atoms with van der Waals surface area (Å²) in [7, 11) is 0. The van der Waals surface area contributed by atoms with Crippen LogP contribution in [-0.2, 0) is 0 Å². The molecule has 1 aliphatic rings. The van der Waals surface area contributed by atoms with Crippen molar-refractivity contribution in [3.8, 4) is 5.75 Å². The number of likely N-dealkylation sites (tertiary alicyclic amines) is 1. The van der Waals surface area contributed by atoms with Crippen LogP contribution in [0.15, 0.2) is 42.6 Å². The molecular weight excluding hydrogens is 314 g/mol. The fraction of sp³-hybridized carbons (Fsp3) is 0.400. The Bertz CT molecular complexity index is 724. The Hall–Kier alpha value is -2.56. The minimum Gasteiger partial charge on any atom is -0.489 e.